The van der Waals surface area contributed by atoms with Crippen molar-refractivity contribution in [3.8, 4) is 0 Å². The molecular weight excluding hydrogens is 334 g/mol. The van der Waals surface area contributed by atoms with E-state index >= 15 is 0 Å². The van der Waals surface area contributed by atoms with Gasteiger partial charge < -0.3 is 20.3 Å². The molecule has 0 saturated carbocycles. The van der Waals surface area contributed by atoms with Crippen LogP contribution < -0.4 is 5.73 Å². The number of aromatic nitrogens is 1. The van der Waals surface area contributed by atoms with Crippen LogP contribution in [0.5, 0.6) is 0 Å². The van der Waals surface area contributed by atoms with E-state index in [1.165, 1.54) is 0 Å². The Morgan fingerprint density at radius 3 is 2.65 bits per heavy atom. The van der Waals surface area contributed by atoms with Gasteiger partial charge in [-0.3, -0.25) is 9.59 Å². The summed E-state index contributed by atoms with van der Waals surface area (Å²) in [4.78, 5) is 25.8. The Hall–Kier alpha value is -2.67. The SMILES string of the molecule is CCCc1noc(Cc2ccc(C(=O)N3CC[C@@H](O)C3)cc2)c1C(N)=O. The van der Waals surface area contributed by atoms with Gasteiger partial charge >= 0.3 is 0 Å². The predicted molar refractivity (Wildman–Crippen MR) is 94.8 cm³/mol. The summed E-state index contributed by atoms with van der Waals surface area (Å²) < 4.78 is 5.33. The van der Waals surface area contributed by atoms with Crippen molar-refractivity contribution < 1.29 is 19.2 Å². The molecule has 3 rings (SSSR count). The summed E-state index contributed by atoms with van der Waals surface area (Å²) in [6.07, 6.45) is 2.04. The zero-order valence-corrected chi connectivity index (χ0v) is 14.8. The standard InChI is InChI=1S/C19H23N3O4/c1-2-3-15-17(18(20)24)16(26-21-15)10-12-4-6-13(7-5-12)19(25)22-9-8-14(23)11-22/h4-7,14,23H,2-3,8-11H2,1H3,(H2,20,24)/t14-/m1/s1. The number of β-amino-alcohol motifs (C(OH)–C–C–N with tert-alkyl or cyclic N) is 1. The summed E-state index contributed by atoms with van der Waals surface area (Å²) in [5.41, 5.74) is 7.90. The third-order valence-electron chi connectivity index (χ3n) is 4.58. The Kier molecular flexibility index (Phi) is 5.37. The Morgan fingerprint density at radius 1 is 1.35 bits per heavy atom. The van der Waals surface area contributed by atoms with Crippen LogP contribution in [0, 0.1) is 0 Å². The lowest BCUT2D eigenvalue weighted by molar-refractivity contribution is 0.0765. The molecule has 2 heterocycles. The van der Waals surface area contributed by atoms with Crippen molar-refractivity contribution in [2.75, 3.05) is 13.1 Å². The first-order valence-corrected chi connectivity index (χ1v) is 8.83. The van der Waals surface area contributed by atoms with E-state index in [4.69, 9.17) is 10.3 Å². The number of amides is 2. The van der Waals surface area contributed by atoms with Crippen LogP contribution >= 0.6 is 0 Å². The Bertz CT molecular complexity index is 798. The molecule has 0 bridgehead atoms. The summed E-state index contributed by atoms with van der Waals surface area (Å²) >= 11 is 0. The average Bonchev–Trinajstić information content (AvgIpc) is 3.22. The summed E-state index contributed by atoms with van der Waals surface area (Å²) in [6.45, 7) is 2.94. The number of hydrogen-bond donors (Lipinski definition) is 2. The average molecular weight is 357 g/mol. The molecule has 1 aliphatic rings. The molecule has 0 radical (unpaired) electrons. The number of hydrogen-bond acceptors (Lipinski definition) is 5. The summed E-state index contributed by atoms with van der Waals surface area (Å²) in [5.74, 6) is -0.178. The molecule has 7 nitrogen and oxygen atoms in total. The van der Waals surface area contributed by atoms with E-state index in [0.717, 1.165) is 12.0 Å². The first-order valence-electron chi connectivity index (χ1n) is 8.83. The largest absolute Gasteiger partial charge is 0.391 e. The number of rotatable bonds is 6. The molecule has 26 heavy (non-hydrogen) atoms. The molecule has 1 atom stereocenters. The summed E-state index contributed by atoms with van der Waals surface area (Å²) in [7, 11) is 0. The number of nitrogens with zero attached hydrogens (tertiary/aromatic N) is 2. The topological polar surface area (TPSA) is 110 Å². The van der Waals surface area contributed by atoms with Gasteiger partial charge in [0.05, 0.1) is 11.8 Å². The first-order chi connectivity index (χ1) is 12.5. The van der Waals surface area contributed by atoms with E-state index in [9.17, 15) is 14.7 Å². The zero-order chi connectivity index (χ0) is 18.7. The van der Waals surface area contributed by atoms with Gasteiger partial charge in [0, 0.05) is 25.1 Å². The second-order valence-electron chi connectivity index (χ2n) is 6.61. The lowest BCUT2D eigenvalue weighted by atomic mass is 10.0. The summed E-state index contributed by atoms with van der Waals surface area (Å²) in [5, 5.41) is 13.5. The van der Waals surface area contributed by atoms with E-state index in [1.54, 1.807) is 17.0 Å². The van der Waals surface area contributed by atoms with Crippen LogP contribution in [0.3, 0.4) is 0 Å². The number of aliphatic hydroxyl groups excluding tert-OH is 1. The van der Waals surface area contributed by atoms with E-state index in [1.807, 2.05) is 19.1 Å². The molecule has 0 unspecified atom stereocenters. The Balaban J connectivity index is 1.74. The quantitative estimate of drug-likeness (QED) is 0.814. The maximum Gasteiger partial charge on any atom is 0.254 e. The van der Waals surface area contributed by atoms with Crippen LogP contribution in [0.25, 0.3) is 0 Å². The molecule has 1 aliphatic heterocycles. The highest BCUT2D eigenvalue weighted by Crippen LogP contribution is 2.20. The van der Waals surface area contributed by atoms with Gasteiger partial charge in [0.25, 0.3) is 11.8 Å². The normalized spacial score (nSPS) is 16.8. The molecule has 138 valence electrons. The molecular formula is C19H23N3O4. The Labute approximate surface area is 151 Å². The van der Waals surface area contributed by atoms with Crippen molar-refractivity contribution >= 4 is 11.8 Å². The molecule has 0 spiro atoms. The molecule has 1 aromatic carbocycles. The highest BCUT2D eigenvalue weighted by molar-refractivity contribution is 5.95. The fourth-order valence-corrected chi connectivity index (χ4v) is 3.23. The molecule has 1 saturated heterocycles. The van der Waals surface area contributed by atoms with Gasteiger partial charge in [-0.25, -0.2) is 0 Å². The minimum absolute atomic E-state index is 0.0872. The lowest BCUT2D eigenvalue weighted by Gasteiger charge is -2.15. The molecule has 1 fully saturated rings. The number of nitrogens with two attached hydrogens (primary N) is 1. The highest BCUT2D eigenvalue weighted by Gasteiger charge is 2.25. The van der Waals surface area contributed by atoms with Crippen molar-refractivity contribution in [1.29, 1.82) is 0 Å². The van der Waals surface area contributed by atoms with Crippen LogP contribution in [0.4, 0.5) is 0 Å². The van der Waals surface area contributed by atoms with Crippen molar-refractivity contribution in [1.82, 2.24) is 10.1 Å². The van der Waals surface area contributed by atoms with Gasteiger partial charge in [-0.15, -0.1) is 0 Å². The van der Waals surface area contributed by atoms with Gasteiger partial charge in [0.1, 0.15) is 5.56 Å². The fourth-order valence-electron chi connectivity index (χ4n) is 3.23. The maximum absolute atomic E-state index is 12.4. The van der Waals surface area contributed by atoms with E-state index in [0.29, 0.717) is 54.9 Å². The second-order valence-corrected chi connectivity index (χ2v) is 6.61. The number of benzene rings is 1. The number of primary amides is 1. The zero-order valence-electron chi connectivity index (χ0n) is 14.8. The predicted octanol–water partition coefficient (Wildman–Crippen LogP) is 1.52. The van der Waals surface area contributed by atoms with Gasteiger partial charge in [0.15, 0.2) is 5.76 Å². The number of likely N-dealkylation sites (tertiary alicyclic amines) is 1. The third kappa shape index (κ3) is 3.77. The molecule has 2 aromatic rings. The van der Waals surface area contributed by atoms with Crippen molar-refractivity contribution in [3.05, 3.63) is 52.4 Å². The first kappa shape index (κ1) is 18.1. The monoisotopic (exact) mass is 357 g/mol. The van der Waals surface area contributed by atoms with E-state index in [-0.39, 0.29) is 5.91 Å². The maximum atomic E-state index is 12.4. The number of carbonyl (C=O) groups excluding carboxylic acids is 2. The molecule has 7 heteroatoms. The molecule has 3 N–H and O–H groups in total. The Morgan fingerprint density at radius 2 is 2.08 bits per heavy atom. The van der Waals surface area contributed by atoms with Gasteiger partial charge in [-0.05, 0) is 30.5 Å². The summed E-state index contributed by atoms with van der Waals surface area (Å²) in [6, 6.07) is 7.14. The van der Waals surface area contributed by atoms with Crippen LogP contribution in [-0.4, -0.2) is 46.2 Å². The van der Waals surface area contributed by atoms with Crippen molar-refractivity contribution in [3.63, 3.8) is 0 Å². The van der Waals surface area contributed by atoms with Crippen LogP contribution in [0.1, 0.15) is 57.5 Å². The molecule has 2 amide bonds. The number of aliphatic hydroxyl groups is 1. The lowest BCUT2D eigenvalue weighted by Crippen LogP contribution is -2.29. The van der Waals surface area contributed by atoms with Crippen molar-refractivity contribution in [2.45, 2.75) is 38.7 Å². The second kappa shape index (κ2) is 7.70. The third-order valence-corrected chi connectivity index (χ3v) is 4.58. The van der Waals surface area contributed by atoms with Crippen LogP contribution in [0.2, 0.25) is 0 Å². The minimum Gasteiger partial charge on any atom is -0.391 e. The van der Waals surface area contributed by atoms with Gasteiger partial charge in [0.2, 0.25) is 0 Å². The van der Waals surface area contributed by atoms with Crippen LogP contribution in [-0.2, 0) is 12.8 Å². The van der Waals surface area contributed by atoms with Gasteiger partial charge in [-0.1, -0.05) is 30.6 Å². The number of carbonyl (C=O) groups is 2. The molecule has 0 aliphatic carbocycles. The van der Waals surface area contributed by atoms with Crippen LogP contribution in [0.15, 0.2) is 28.8 Å². The molecule has 1 aromatic heterocycles. The number of aryl methyl sites for hydroxylation is 1. The van der Waals surface area contributed by atoms with Crippen molar-refractivity contribution in [2.24, 2.45) is 5.73 Å². The fraction of sp³-hybridized carbons (Fsp3) is 0.421. The van der Waals surface area contributed by atoms with Gasteiger partial charge in [-0.2, -0.15) is 0 Å². The minimum atomic E-state index is -0.538. The van der Waals surface area contributed by atoms with E-state index < -0.39 is 12.0 Å². The highest BCUT2D eigenvalue weighted by atomic mass is 16.5. The smallest absolute Gasteiger partial charge is 0.254 e. The van der Waals surface area contributed by atoms with E-state index in [2.05, 4.69) is 5.16 Å².